The fourth-order valence-electron chi connectivity index (χ4n) is 1.79. The lowest BCUT2D eigenvalue weighted by Gasteiger charge is -2.11. The number of nitrogens with one attached hydrogen (secondary N) is 2. The van der Waals surface area contributed by atoms with Crippen LogP contribution in [0.15, 0.2) is 23.1 Å². The van der Waals surface area contributed by atoms with Crippen molar-refractivity contribution >= 4 is 21.4 Å². The van der Waals surface area contributed by atoms with Crippen molar-refractivity contribution in [1.29, 1.82) is 0 Å². The van der Waals surface area contributed by atoms with Gasteiger partial charge in [-0.05, 0) is 38.1 Å². The van der Waals surface area contributed by atoms with Crippen LogP contribution in [0.3, 0.4) is 0 Å². The third-order valence-electron chi connectivity index (χ3n) is 3.00. The first-order valence-electron chi connectivity index (χ1n) is 6.69. The van der Waals surface area contributed by atoms with Crippen LogP contribution in [0.2, 0.25) is 0 Å². The van der Waals surface area contributed by atoms with Crippen molar-refractivity contribution in [1.82, 2.24) is 4.72 Å². The average molecular weight is 301 g/mol. The van der Waals surface area contributed by atoms with Gasteiger partial charge in [-0.3, -0.25) is 0 Å². The van der Waals surface area contributed by atoms with Crippen molar-refractivity contribution in [2.75, 3.05) is 31.2 Å². The Morgan fingerprint density at radius 3 is 2.55 bits per heavy atom. The molecule has 20 heavy (non-hydrogen) atoms. The SMILES string of the molecule is CNS(=O)(=O)c1ccc(N)c(NCCCCCCO)c1. The van der Waals surface area contributed by atoms with Crippen LogP contribution in [-0.2, 0) is 10.0 Å². The molecule has 0 aliphatic heterocycles. The third-order valence-corrected chi connectivity index (χ3v) is 4.42. The number of hydrogen-bond acceptors (Lipinski definition) is 5. The van der Waals surface area contributed by atoms with Crippen LogP contribution in [0.1, 0.15) is 25.7 Å². The van der Waals surface area contributed by atoms with E-state index in [9.17, 15) is 8.42 Å². The van der Waals surface area contributed by atoms with Crippen molar-refractivity contribution in [3.63, 3.8) is 0 Å². The van der Waals surface area contributed by atoms with Crippen molar-refractivity contribution < 1.29 is 13.5 Å². The molecule has 0 spiro atoms. The Hall–Kier alpha value is -1.31. The summed E-state index contributed by atoms with van der Waals surface area (Å²) in [5.41, 5.74) is 6.98. The molecule has 0 aliphatic rings. The number of rotatable bonds is 9. The number of unbranched alkanes of at least 4 members (excludes halogenated alkanes) is 3. The molecule has 0 atom stereocenters. The van der Waals surface area contributed by atoms with E-state index in [0.717, 1.165) is 32.2 Å². The Bertz CT molecular complexity index is 518. The number of nitrogen functional groups attached to an aromatic ring is 1. The lowest BCUT2D eigenvalue weighted by Crippen LogP contribution is -2.19. The predicted molar refractivity (Wildman–Crippen MR) is 81.1 cm³/mol. The molecule has 0 aliphatic carbocycles. The smallest absolute Gasteiger partial charge is 0.240 e. The largest absolute Gasteiger partial charge is 0.397 e. The van der Waals surface area contributed by atoms with Crippen LogP contribution in [0.25, 0.3) is 0 Å². The van der Waals surface area contributed by atoms with E-state index in [4.69, 9.17) is 10.8 Å². The van der Waals surface area contributed by atoms with Gasteiger partial charge in [0.05, 0.1) is 16.3 Å². The minimum absolute atomic E-state index is 0.192. The van der Waals surface area contributed by atoms with Crippen LogP contribution in [-0.4, -0.2) is 33.7 Å². The molecular formula is C13H23N3O3S. The van der Waals surface area contributed by atoms with Gasteiger partial charge in [0.1, 0.15) is 0 Å². The lowest BCUT2D eigenvalue weighted by atomic mass is 10.2. The summed E-state index contributed by atoms with van der Waals surface area (Å²) in [5, 5.41) is 11.8. The molecule has 6 nitrogen and oxygen atoms in total. The second-order valence-corrected chi connectivity index (χ2v) is 6.41. The molecular weight excluding hydrogens is 278 g/mol. The molecule has 114 valence electrons. The van der Waals surface area contributed by atoms with Gasteiger partial charge in [-0.15, -0.1) is 0 Å². The van der Waals surface area contributed by atoms with Crippen LogP contribution < -0.4 is 15.8 Å². The molecule has 0 amide bonds. The highest BCUT2D eigenvalue weighted by Gasteiger charge is 2.12. The van der Waals surface area contributed by atoms with Gasteiger partial charge in [0.15, 0.2) is 0 Å². The molecule has 1 aromatic carbocycles. The molecule has 0 heterocycles. The zero-order valence-corrected chi connectivity index (χ0v) is 12.5. The Morgan fingerprint density at radius 2 is 1.90 bits per heavy atom. The molecule has 0 aromatic heterocycles. The van der Waals surface area contributed by atoms with Gasteiger partial charge in [0.25, 0.3) is 0 Å². The second kappa shape index (κ2) is 8.08. The second-order valence-electron chi connectivity index (χ2n) is 4.52. The number of anilines is 2. The topological polar surface area (TPSA) is 104 Å². The highest BCUT2D eigenvalue weighted by molar-refractivity contribution is 7.89. The Balaban J connectivity index is 2.59. The van der Waals surface area contributed by atoms with Gasteiger partial charge in [-0.1, -0.05) is 12.8 Å². The zero-order valence-electron chi connectivity index (χ0n) is 11.7. The van der Waals surface area contributed by atoms with E-state index >= 15 is 0 Å². The molecule has 0 saturated carbocycles. The van der Waals surface area contributed by atoms with E-state index in [0.29, 0.717) is 11.4 Å². The maximum Gasteiger partial charge on any atom is 0.240 e. The van der Waals surface area contributed by atoms with E-state index in [2.05, 4.69) is 10.0 Å². The summed E-state index contributed by atoms with van der Waals surface area (Å²) in [5.74, 6) is 0. The monoisotopic (exact) mass is 301 g/mol. The van der Waals surface area contributed by atoms with Crippen molar-refractivity contribution in [2.24, 2.45) is 0 Å². The van der Waals surface area contributed by atoms with Gasteiger partial charge in [0.2, 0.25) is 10.0 Å². The fourth-order valence-corrected chi connectivity index (χ4v) is 2.54. The Morgan fingerprint density at radius 1 is 1.20 bits per heavy atom. The summed E-state index contributed by atoms with van der Waals surface area (Å²) < 4.78 is 25.7. The standard InChI is InChI=1S/C13H23N3O3S/c1-15-20(18,19)11-6-7-12(14)13(10-11)16-8-4-2-3-5-9-17/h6-7,10,15-17H,2-5,8-9,14H2,1H3. The summed E-state index contributed by atoms with van der Waals surface area (Å²) >= 11 is 0. The highest BCUT2D eigenvalue weighted by atomic mass is 32.2. The number of hydrogen-bond donors (Lipinski definition) is 4. The zero-order chi connectivity index (χ0) is 15.0. The van der Waals surface area contributed by atoms with E-state index in [-0.39, 0.29) is 11.5 Å². The maximum atomic E-state index is 11.7. The molecule has 1 rings (SSSR count). The van der Waals surface area contributed by atoms with Crippen molar-refractivity contribution in [3.05, 3.63) is 18.2 Å². The summed E-state index contributed by atoms with van der Waals surface area (Å²) in [6.45, 7) is 0.947. The van der Waals surface area contributed by atoms with Crippen LogP contribution >= 0.6 is 0 Å². The van der Waals surface area contributed by atoms with Crippen LogP contribution in [0, 0.1) is 0 Å². The average Bonchev–Trinajstić information content (AvgIpc) is 2.44. The highest BCUT2D eigenvalue weighted by Crippen LogP contribution is 2.22. The molecule has 0 bridgehead atoms. The lowest BCUT2D eigenvalue weighted by molar-refractivity contribution is 0.283. The molecule has 1 aromatic rings. The first-order valence-corrected chi connectivity index (χ1v) is 8.17. The number of aliphatic hydroxyl groups is 1. The number of benzene rings is 1. The summed E-state index contributed by atoms with van der Waals surface area (Å²) in [7, 11) is -2.08. The molecule has 0 saturated heterocycles. The Kier molecular flexibility index (Phi) is 6.77. The van der Waals surface area contributed by atoms with E-state index in [1.54, 1.807) is 6.07 Å². The predicted octanol–water partition coefficient (Wildman–Crippen LogP) is 1.14. The van der Waals surface area contributed by atoms with Crippen molar-refractivity contribution in [3.8, 4) is 0 Å². The molecule has 5 N–H and O–H groups in total. The summed E-state index contributed by atoms with van der Waals surface area (Å²) in [6, 6.07) is 4.60. The van der Waals surface area contributed by atoms with E-state index in [1.807, 2.05) is 0 Å². The van der Waals surface area contributed by atoms with Gasteiger partial charge in [-0.25, -0.2) is 13.1 Å². The van der Waals surface area contributed by atoms with Gasteiger partial charge in [-0.2, -0.15) is 0 Å². The van der Waals surface area contributed by atoms with Gasteiger partial charge >= 0.3 is 0 Å². The van der Waals surface area contributed by atoms with Crippen LogP contribution in [0.4, 0.5) is 11.4 Å². The Labute approximate surface area is 120 Å². The number of nitrogens with two attached hydrogens (primary N) is 1. The first-order chi connectivity index (χ1) is 9.51. The summed E-state index contributed by atoms with van der Waals surface area (Å²) in [6.07, 6.45) is 3.77. The van der Waals surface area contributed by atoms with E-state index < -0.39 is 10.0 Å². The molecule has 7 heteroatoms. The number of aliphatic hydroxyl groups excluding tert-OH is 1. The normalized spacial score (nSPS) is 11.5. The molecule has 0 radical (unpaired) electrons. The first kappa shape index (κ1) is 16.7. The quantitative estimate of drug-likeness (QED) is 0.404. The van der Waals surface area contributed by atoms with Crippen molar-refractivity contribution in [2.45, 2.75) is 30.6 Å². The number of sulfonamides is 1. The summed E-state index contributed by atoms with van der Waals surface area (Å²) in [4.78, 5) is 0.192. The minimum Gasteiger partial charge on any atom is -0.397 e. The fraction of sp³-hybridized carbons (Fsp3) is 0.538. The van der Waals surface area contributed by atoms with E-state index in [1.165, 1.54) is 19.2 Å². The minimum atomic E-state index is -3.45. The van der Waals surface area contributed by atoms with Gasteiger partial charge < -0.3 is 16.2 Å². The maximum absolute atomic E-state index is 11.7. The van der Waals surface area contributed by atoms with Gasteiger partial charge in [0, 0.05) is 13.2 Å². The molecule has 0 fully saturated rings. The van der Waals surface area contributed by atoms with Crippen LogP contribution in [0.5, 0.6) is 0 Å². The third kappa shape index (κ3) is 4.99. The molecule has 0 unspecified atom stereocenters.